The SMILES string of the molecule is CCC(CC(=O)NCCO)C(C)O. The number of amides is 1. The second-order valence-electron chi connectivity index (χ2n) is 3.19. The second-order valence-corrected chi connectivity index (χ2v) is 3.19. The molecule has 0 aromatic carbocycles. The van der Waals surface area contributed by atoms with Crippen molar-refractivity contribution in [3.8, 4) is 0 Å². The second kappa shape index (κ2) is 6.86. The highest BCUT2D eigenvalue weighted by Crippen LogP contribution is 2.12. The first-order valence-corrected chi connectivity index (χ1v) is 4.67. The molecule has 2 unspecified atom stereocenters. The molecule has 0 aliphatic heterocycles. The number of nitrogens with one attached hydrogen (secondary N) is 1. The van der Waals surface area contributed by atoms with Crippen molar-refractivity contribution in [2.24, 2.45) is 5.92 Å². The predicted molar refractivity (Wildman–Crippen MR) is 50.2 cm³/mol. The van der Waals surface area contributed by atoms with Crippen molar-refractivity contribution in [3.63, 3.8) is 0 Å². The van der Waals surface area contributed by atoms with Crippen molar-refractivity contribution >= 4 is 5.91 Å². The van der Waals surface area contributed by atoms with E-state index < -0.39 is 6.10 Å². The number of hydrogen-bond acceptors (Lipinski definition) is 3. The fourth-order valence-electron chi connectivity index (χ4n) is 1.16. The molecule has 0 rings (SSSR count). The molecule has 4 nitrogen and oxygen atoms in total. The van der Waals surface area contributed by atoms with E-state index in [-0.39, 0.29) is 25.0 Å². The Kier molecular flexibility index (Phi) is 6.54. The normalized spacial score (nSPS) is 15.1. The summed E-state index contributed by atoms with van der Waals surface area (Å²) in [6.07, 6.45) is 0.656. The van der Waals surface area contributed by atoms with Gasteiger partial charge in [-0.25, -0.2) is 0 Å². The molecule has 0 aromatic heterocycles. The maximum absolute atomic E-state index is 11.1. The van der Waals surface area contributed by atoms with Gasteiger partial charge < -0.3 is 15.5 Å². The number of aliphatic hydroxyl groups excluding tert-OH is 2. The number of carbonyl (C=O) groups is 1. The molecule has 0 bridgehead atoms. The zero-order chi connectivity index (χ0) is 10.3. The summed E-state index contributed by atoms with van der Waals surface area (Å²) in [5.41, 5.74) is 0. The highest BCUT2D eigenvalue weighted by atomic mass is 16.3. The zero-order valence-electron chi connectivity index (χ0n) is 8.29. The van der Waals surface area contributed by atoms with Gasteiger partial charge in [0.2, 0.25) is 5.91 Å². The minimum atomic E-state index is -0.454. The van der Waals surface area contributed by atoms with Crippen LogP contribution in [0.15, 0.2) is 0 Å². The van der Waals surface area contributed by atoms with E-state index in [1.807, 2.05) is 6.92 Å². The highest BCUT2D eigenvalue weighted by molar-refractivity contribution is 5.76. The van der Waals surface area contributed by atoms with Crippen molar-refractivity contribution in [2.45, 2.75) is 32.8 Å². The number of rotatable bonds is 6. The molecule has 0 fully saturated rings. The van der Waals surface area contributed by atoms with Crippen LogP contribution in [0.4, 0.5) is 0 Å². The third-order valence-electron chi connectivity index (χ3n) is 2.09. The van der Waals surface area contributed by atoms with Crippen molar-refractivity contribution in [3.05, 3.63) is 0 Å². The molecule has 0 radical (unpaired) electrons. The van der Waals surface area contributed by atoms with Gasteiger partial charge in [-0.2, -0.15) is 0 Å². The van der Waals surface area contributed by atoms with Gasteiger partial charge in [-0.1, -0.05) is 13.3 Å². The van der Waals surface area contributed by atoms with Crippen LogP contribution in [0.1, 0.15) is 26.7 Å². The van der Waals surface area contributed by atoms with E-state index in [0.29, 0.717) is 6.42 Å². The van der Waals surface area contributed by atoms with E-state index in [2.05, 4.69) is 5.32 Å². The quantitative estimate of drug-likeness (QED) is 0.546. The first-order valence-electron chi connectivity index (χ1n) is 4.67. The number of carbonyl (C=O) groups excluding carboxylic acids is 1. The van der Waals surface area contributed by atoms with E-state index in [0.717, 1.165) is 6.42 Å². The van der Waals surface area contributed by atoms with Crippen LogP contribution in [0.5, 0.6) is 0 Å². The van der Waals surface area contributed by atoms with Gasteiger partial charge in [0, 0.05) is 13.0 Å². The van der Waals surface area contributed by atoms with Gasteiger partial charge in [-0.3, -0.25) is 4.79 Å². The maximum Gasteiger partial charge on any atom is 0.220 e. The summed E-state index contributed by atoms with van der Waals surface area (Å²) in [6, 6.07) is 0. The summed E-state index contributed by atoms with van der Waals surface area (Å²) in [5.74, 6) is -0.0968. The summed E-state index contributed by atoms with van der Waals surface area (Å²) >= 11 is 0. The van der Waals surface area contributed by atoms with Gasteiger partial charge in [0.1, 0.15) is 0 Å². The molecular weight excluding hydrogens is 170 g/mol. The first-order chi connectivity index (χ1) is 6.11. The zero-order valence-corrected chi connectivity index (χ0v) is 8.29. The van der Waals surface area contributed by atoms with Crippen LogP contribution in [0.2, 0.25) is 0 Å². The Bertz CT molecular complexity index is 148. The lowest BCUT2D eigenvalue weighted by atomic mass is 9.96. The minimum Gasteiger partial charge on any atom is -0.395 e. The summed E-state index contributed by atoms with van der Waals surface area (Å²) < 4.78 is 0. The molecule has 2 atom stereocenters. The Balaban J connectivity index is 3.73. The van der Waals surface area contributed by atoms with Crippen molar-refractivity contribution < 1.29 is 15.0 Å². The Hall–Kier alpha value is -0.610. The number of aliphatic hydroxyl groups is 2. The summed E-state index contributed by atoms with van der Waals surface area (Å²) in [7, 11) is 0. The van der Waals surface area contributed by atoms with E-state index in [9.17, 15) is 9.90 Å². The molecule has 1 amide bonds. The van der Waals surface area contributed by atoms with Crippen LogP contribution < -0.4 is 5.32 Å². The van der Waals surface area contributed by atoms with Crippen molar-refractivity contribution in [1.82, 2.24) is 5.32 Å². The average molecular weight is 189 g/mol. The Morgan fingerprint density at radius 3 is 2.54 bits per heavy atom. The Morgan fingerprint density at radius 2 is 2.15 bits per heavy atom. The van der Waals surface area contributed by atoms with Crippen LogP contribution in [0, 0.1) is 5.92 Å². The topological polar surface area (TPSA) is 69.6 Å². The first kappa shape index (κ1) is 12.4. The van der Waals surface area contributed by atoms with E-state index in [1.54, 1.807) is 6.92 Å². The molecule has 78 valence electrons. The van der Waals surface area contributed by atoms with E-state index >= 15 is 0 Å². The van der Waals surface area contributed by atoms with Crippen LogP contribution in [0.25, 0.3) is 0 Å². The third-order valence-corrected chi connectivity index (χ3v) is 2.09. The lowest BCUT2D eigenvalue weighted by Crippen LogP contribution is -2.30. The van der Waals surface area contributed by atoms with Gasteiger partial charge in [-0.05, 0) is 12.8 Å². The van der Waals surface area contributed by atoms with Crippen LogP contribution >= 0.6 is 0 Å². The third kappa shape index (κ3) is 5.60. The van der Waals surface area contributed by atoms with Gasteiger partial charge in [0.25, 0.3) is 0 Å². The molecule has 0 spiro atoms. The molecule has 3 N–H and O–H groups in total. The van der Waals surface area contributed by atoms with Gasteiger partial charge in [0.05, 0.1) is 12.7 Å². The minimum absolute atomic E-state index is 0.0127. The summed E-state index contributed by atoms with van der Waals surface area (Å²) in [4.78, 5) is 11.1. The van der Waals surface area contributed by atoms with E-state index in [1.165, 1.54) is 0 Å². The average Bonchev–Trinajstić information content (AvgIpc) is 2.10. The molecule has 0 aromatic rings. The lowest BCUT2D eigenvalue weighted by Gasteiger charge is -2.16. The fraction of sp³-hybridized carbons (Fsp3) is 0.889. The Morgan fingerprint density at radius 1 is 1.54 bits per heavy atom. The van der Waals surface area contributed by atoms with Crippen LogP contribution in [-0.2, 0) is 4.79 Å². The van der Waals surface area contributed by atoms with Crippen LogP contribution in [0.3, 0.4) is 0 Å². The van der Waals surface area contributed by atoms with Gasteiger partial charge in [0.15, 0.2) is 0 Å². The molecule has 0 aliphatic rings. The van der Waals surface area contributed by atoms with Gasteiger partial charge in [-0.15, -0.1) is 0 Å². The highest BCUT2D eigenvalue weighted by Gasteiger charge is 2.16. The fourth-order valence-corrected chi connectivity index (χ4v) is 1.16. The largest absolute Gasteiger partial charge is 0.395 e. The maximum atomic E-state index is 11.1. The van der Waals surface area contributed by atoms with E-state index in [4.69, 9.17) is 5.11 Å². The molecule has 0 saturated carbocycles. The van der Waals surface area contributed by atoms with Crippen LogP contribution in [-0.4, -0.2) is 35.4 Å². The smallest absolute Gasteiger partial charge is 0.220 e. The number of hydrogen-bond donors (Lipinski definition) is 3. The predicted octanol–water partition coefficient (Wildman–Crippen LogP) is -0.108. The molecule has 0 heterocycles. The molecule has 13 heavy (non-hydrogen) atoms. The molecule has 0 saturated heterocycles. The molecule has 0 aliphatic carbocycles. The summed E-state index contributed by atoms with van der Waals surface area (Å²) in [5, 5.41) is 20.3. The lowest BCUT2D eigenvalue weighted by molar-refractivity contribution is -0.123. The van der Waals surface area contributed by atoms with Crippen molar-refractivity contribution in [1.29, 1.82) is 0 Å². The molecular formula is C9H19NO3. The summed E-state index contributed by atoms with van der Waals surface area (Å²) in [6.45, 7) is 3.87. The van der Waals surface area contributed by atoms with Crippen molar-refractivity contribution in [2.75, 3.05) is 13.2 Å². The standard InChI is InChI=1S/C9H19NO3/c1-3-8(7(2)12)6-9(13)10-4-5-11/h7-8,11-12H,3-6H2,1-2H3,(H,10,13). The Labute approximate surface area is 79.0 Å². The van der Waals surface area contributed by atoms with Gasteiger partial charge >= 0.3 is 0 Å². The molecule has 4 heteroatoms. The monoisotopic (exact) mass is 189 g/mol.